The van der Waals surface area contributed by atoms with Gasteiger partial charge in [-0.05, 0) is 44.0 Å². The second-order valence-electron chi connectivity index (χ2n) is 6.86. The summed E-state index contributed by atoms with van der Waals surface area (Å²) < 4.78 is 26.4. The average Bonchev–Trinajstić information content (AvgIpc) is 3.25. The third-order valence-electron chi connectivity index (χ3n) is 4.76. The number of benzene rings is 2. The molecule has 1 aromatic heterocycles. The SMILES string of the molecule is Cc1ccc(C(=O)Nc2nc3c(s2)CC[C@H]3C(=O)Nc2ccc(F)c(F)c2)cc1. The van der Waals surface area contributed by atoms with Gasteiger partial charge < -0.3 is 5.32 Å². The number of hydrogen-bond donors (Lipinski definition) is 2. The Morgan fingerprint density at radius 1 is 1.07 bits per heavy atom. The second kappa shape index (κ2) is 7.71. The smallest absolute Gasteiger partial charge is 0.257 e. The minimum atomic E-state index is -1.02. The third kappa shape index (κ3) is 4.02. The van der Waals surface area contributed by atoms with Crippen molar-refractivity contribution in [2.24, 2.45) is 0 Å². The van der Waals surface area contributed by atoms with Gasteiger partial charge in [-0.1, -0.05) is 17.7 Å². The Kier molecular flexibility index (Phi) is 5.10. The number of halogens is 2. The fourth-order valence-electron chi connectivity index (χ4n) is 3.21. The maximum Gasteiger partial charge on any atom is 0.257 e. The van der Waals surface area contributed by atoms with Crippen LogP contribution in [0.15, 0.2) is 42.5 Å². The number of aromatic nitrogens is 1. The standard InChI is InChI=1S/C21H17F2N3O2S/c1-11-2-4-12(5-3-11)19(27)26-21-25-18-14(7-9-17(18)29-21)20(28)24-13-6-8-15(22)16(23)10-13/h2-6,8,10,14H,7,9H2,1H3,(H,24,28)(H,25,26,27)/t14-/m1/s1. The van der Waals surface area contributed by atoms with E-state index < -0.39 is 17.6 Å². The van der Waals surface area contributed by atoms with Crippen molar-refractivity contribution in [3.05, 3.63) is 75.8 Å². The maximum absolute atomic E-state index is 13.4. The zero-order valence-electron chi connectivity index (χ0n) is 15.5. The van der Waals surface area contributed by atoms with E-state index >= 15 is 0 Å². The van der Waals surface area contributed by atoms with Crippen LogP contribution in [0.3, 0.4) is 0 Å². The van der Waals surface area contributed by atoms with Gasteiger partial charge in [0.25, 0.3) is 5.91 Å². The summed E-state index contributed by atoms with van der Waals surface area (Å²) in [5, 5.41) is 5.82. The van der Waals surface area contributed by atoms with Crippen LogP contribution in [0.4, 0.5) is 19.6 Å². The predicted molar refractivity (Wildman–Crippen MR) is 107 cm³/mol. The Hall–Kier alpha value is -3.13. The molecule has 0 saturated heterocycles. The highest BCUT2D eigenvalue weighted by Crippen LogP contribution is 2.39. The number of carbonyl (C=O) groups excluding carboxylic acids is 2. The Bertz CT molecular complexity index is 1100. The molecule has 5 nitrogen and oxygen atoms in total. The van der Waals surface area contributed by atoms with Crippen molar-refractivity contribution in [3.63, 3.8) is 0 Å². The lowest BCUT2D eigenvalue weighted by molar-refractivity contribution is -0.117. The summed E-state index contributed by atoms with van der Waals surface area (Å²) in [7, 11) is 0. The molecule has 1 atom stereocenters. The summed E-state index contributed by atoms with van der Waals surface area (Å²) in [6.07, 6.45) is 1.25. The van der Waals surface area contributed by atoms with Crippen molar-refractivity contribution in [2.75, 3.05) is 10.6 Å². The lowest BCUT2D eigenvalue weighted by atomic mass is 10.1. The van der Waals surface area contributed by atoms with Gasteiger partial charge in [-0.3, -0.25) is 14.9 Å². The van der Waals surface area contributed by atoms with Crippen LogP contribution in [0, 0.1) is 18.6 Å². The van der Waals surface area contributed by atoms with E-state index in [4.69, 9.17) is 0 Å². The van der Waals surface area contributed by atoms with Crippen LogP contribution in [-0.4, -0.2) is 16.8 Å². The maximum atomic E-state index is 13.4. The fraction of sp³-hybridized carbons (Fsp3) is 0.190. The van der Waals surface area contributed by atoms with Gasteiger partial charge in [-0.25, -0.2) is 13.8 Å². The van der Waals surface area contributed by atoms with Gasteiger partial charge in [-0.15, -0.1) is 11.3 Å². The molecule has 0 fully saturated rings. The van der Waals surface area contributed by atoms with Gasteiger partial charge in [0.2, 0.25) is 5.91 Å². The van der Waals surface area contributed by atoms with Crippen LogP contribution >= 0.6 is 11.3 Å². The van der Waals surface area contributed by atoms with Crippen molar-refractivity contribution in [2.45, 2.75) is 25.7 Å². The third-order valence-corrected chi connectivity index (χ3v) is 5.80. The molecule has 0 aliphatic heterocycles. The summed E-state index contributed by atoms with van der Waals surface area (Å²) >= 11 is 1.35. The first-order valence-corrected chi connectivity index (χ1v) is 9.86. The molecule has 0 saturated carbocycles. The van der Waals surface area contributed by atoms with Gasteiger partial charge in [0.15, 0.2) is 16.8 Å². The van der Waals surface area contributed by atoms with E-state index in [1.807, 2.05) is 19.1 Å². The lowest BCUT2D eigenvalue weighted by Gasteiger charge is -2.11. The van der Waals surface area contributed by atoms with Crippen LogP contribution in [0.2, 0.25) is 0 Å². The number of hydrogen-bond acceptors (Lipinski definition) is 4. The molecular formula is C21H17F2N3O2S. The van der Waals surface area contributed by atoms with Crippen LogP contribution < -0.4 is 10.6 Å². The van der Waals surface area contributed by atoms with Crippen molar-refractivity contribution in [1.29, 1.82) is 0 Å². The highest BCUT2D eigenvalue weighted by atomic mass is 32.1. The molecule has 2 amide bonds. The Morgan fingerprint density at radius 3 is 2.55 bits per heavy atom. The number of carbonyl (C=O) groups is 2. The van der Waals surface area contributed by atoms with Crippen LogP contribution in [0.5, 0.6) is 0 Å². The molecule has 1 heterocycles. The molecule has 4 rings (SSSR count). The number of thiazole rings is 1. The number of fused-ring (bicyclic) bond motifs is 1. The summed E-state index contributed by atoms with van der Waals surface area (Å²) in [5.74, 6) is -3.10. The molecule has 1 aliphatic carbocycles. The molecule has 0 spiro atoms. The van der Waals surface area contributed by atoms with E-state index in [9.17, 15) is 18.4 Å². The monoisotopic (exact) mass is 413 g/mol. The first-order chi connectivity index (χ1) is 13.9. The topological polar surface area (TPSA) is 71.1 Å². The summed E-state index contributed by atoms with van der Waals surface area (Å²) in [6, 6.07) is 10.4. The number of aryl methyl sites for hydroxylation is 2. The minimum Gasteiger partial charge on any atom is -0.325 e. The van der Waals surface area contributed by atoms with Crippen LogP contribution in [0.25, 0.3) is 0 Å². The van der Waals surface area contributed by atoms with Crippen molar-refractivity contribution in [1.82, 2.24) is 4.98 Å². The van der Waals surface area contributed by atoms with Gasteiger partial charge in [0.05, 0.1) is 11.6 Å². The molecule has 0 bridgehead atoms. The fourth-order valence-corrected chi connectivity index (χ4v) is 4.25. The molecule has 29 heavy (non-hydrogen) atoms. The molecule has 2 aromatic carbocycles. The summed E-state index contributed by atoms with van der Waals surface area (Å²) in [6.45, 7) is 1.94. The Balaban J connectivity index is 1.46. The van der Waals surface area contributed by atoms with E-state index in [0.29, 0.717) is 29.2 Å². The normalized spacial score (nSPS) is 15.1. The quantitative estimate of drug-likeness (QED) is 0.654. The zero-order chi connectivity index (χ0) is 20.5. The van der Waals surface area contributed by atoms with Gasteiger partial charge in [0.1, 0.15) is 0 Å². The number of rotatable bonds is 4. The summed E-state index contributed by atoms with van der Waals surface area (Å²) in [5.41, 5.74) is 2.39. The van der Waals surface area contributed by atoms with E-state index in [-0.39, 0.29) is 17.5 Å². The van der Waals surface area contributed by atoms with Gasteiger partial charge >= 0.3 is 0 Å². The average molecular weight is 413 g/mol. The minimum absolute atomic E-state index is 0.186. The highest BCUT2D eigenvalue weighted by Gasteiger charge is 2.33. The molecule has 0 radical (unpaired) electrons. The van der Waals surface area contributed by atoms with Gasteiger partial charge in [-0.2, -0.15) is 0 Å². The summed E-state index contributed by atoms with van der Waals surface area (Å²) in [4.78, 5) is 30.4. The number of anilines is 2. The van der Waals surface area contributed by atoms with E-state index in [0.717, 1.165) is 22.6 Å². The predicted octanol–water partition coefficient (Wildman–Crippen LogP) is 4.65. The number of amides is 2. The van der Waals surface area contributed by atoms with Gasteiger partial charge in [0, 0.05) is 22.2 Å². The molecule has 3 aromatic rings. The van der Waals surface area contributed by atoms with Crippen molar-refractivity contribution < 1.29 is 18.4 Å². The zero-order valence-corrected chi connectivity index (χ0v) is 16.3. The Morgan fingerprint density at radius 2 is 1.83 bits per heavy atom. The molecule has 0 unspecified atom stereocenters. The first-order valence-electron chi connectivity index (χ1n) is 9.04. The van der Waals surface area contributed by atoms with Crippen molar-refractivity contribution >= 4 is 34.0 Å². The first kappa shape index (κ1) is 19.2. The molecule has 1 aliphatic rings. The molecule has 148 valence electrons. The largest absolute Gasteiger partial charge is 0.325 e. The lowest BCUT2D eigenvalue weighted by Crippen LogP contribution is -2.20. The Labute approximate surface area is 169 Å². The molecular weight excluding hydrogens is 396 g/mol. The highest BCUT2D eigenvalue weighted by molar-refractivity contribution is 7.16. The van der Waals surface area contributed by atoms with Crippen LogP contribution in [0.1, 0.15) is 38.8 Å². The molecule has 8 heteroatoms. The van der Waals surface area contributed by atoms with Crippen molar-refractivity contribution in [3.8, 4) is 0 Å². The van der Waals surface area contributed by atoms with E-state index in [1.54, 1.807) is 12.1 Å². The number of nitrogens with zero attached hydrogens (tertiary/aromatic N) is 1. The molecule has 2 N–H and O–H groups in total. The van der Waals surface area contributed by atoms with E-state index in [1.165, 1.54) is 17.4 Å². The van der Waals surface area contributed by atoms with E-state index in [2.05, 4.69) is 15.6 Å². The number of nitrogens with one attached hydrogen (secondary N) is 2. The second-order valence-corrected chi connectivity index (χ2v) is 7.94. The van der Waals surface area contributed by atoms with Crippen LogP contribution in [-0.2, 0) is 11.2 Å².